The number of carbonyl (C=O) groups excluding carboxylic acids is 1. The molecule has 1 heterocycles. The van der Waals surface area contributed by atoms with Crippen LogP contribution in [-0.4, -0.2) is 62.2 Å². The molecule has 2 aliphatic rings. The Bertz CT molecular complexity index is 460. The van der Waals surface area contributed by atoms with Gasteiger partial charge in [-0.25, -0.2) is 4.99 Å². The van der Waals surface area contributed by atoms with E-state index in [1.807, 2.05) is 0 Å². The molecule has 0 aromatic rings. The number of rotatable bonds is 4. The number of amides is 1. The number of likely N-dealkylation sites (N-methyl/N-ethyl adjacent to an activating group) is 1. The molecule has 1 saturated heterocycles. The predicted octanol–water partition coefficient (Wildman–Crippen LogP) is 1.22. The molecular weight excluding hydrogens is 292 g/mol. The molecule has 0 radical (unpaired) electrons. The van der Waals surface area contributed by atoms with Gasteiger partial charge < -0.3 is 20.3 Å². The Kier molecular flexibility index (Phi) is 5.55. The van der Waals surface area contributed by atoms with Crippen molar-refractivity contribution in [3.8, 4) is 0 Å². The summed E-state index contributed by atoms with van der Waals surface area (Å²) in [5, 5.41) is 6.89. The van der Waals surface area contributed by atoms with Crippen LogP contribution in [0.25, 0.3) is 0 Å². The molecule has 2 rings (SSSR count). The lowest BCUT2D eigenvalue weighted by molar-refractivity contribution is -0.188. The zero-order chi connectivity index (χ0) is 17.2. The van der Waals surface area contributed by atoms with Gasteiger partial charge in [0.05, 0.1) is 6.10 Å². The van der Waals surface area contributed by atoms with Crippen LogP contribution in [0, 0.1) is 11.3 Å². The number of aliphatic imine (C=N–C) groups is 1. The highest BCUT2D eigenvalue weighted by Gasteiger charge is 2.58. The first-order chi connectivity index (χ1) is 10.7. The molecule has 3 unspecified atom stereocenters. The predicted molar refractivity (Wildman–Crippen MR) is 92.4 cm³/mol. The van der Waals surface area contributed by atoms with Gasteiger partial charge in [-0.2, -0.15) is 0 Å². The van der Waals surface area contributed by atoms with Crippen LogP contribution in [0.4, 0.5) is 0 Å². The summed E-state index contributed by atoms with van der Waals surface area (Å²) in [6, 6.07) is 0.588. The van der Waals surface area contributed by atoms with Crippen molar-refractivity contribution in [2.45, 2.75) is 58.7 Å². The molecule has 1 aliphatic carbocycles. The normalized spacial score (nSPS) is 29.5. The van der Waals surface area contributed by atoms with Gasteiger partial charge in [-0.3, -0.25) is 4.79 Å². The molecule has 3 atom stereocenters. The van der Waals surface area contributed by atoms with Crippen molar-refractivity contribution in [2.24, 2.45) is 16.3 Å². The number of hydrogen-bond acceptors (Lipinski definition) is 3. The third-order valence-electron chi connectivity index (χ3n) is 4.92. The molecule has 23 heavy (non-hydrogen) atoms. The van der Waals surface area contributed by atoms with Crippen LogP contribution in [0.5, 0.6) is 0 Å². The Labute approximate surface area is 140 Å². The Morgan fingerprint density at radius 3 is 2.70 bits per heavy atom. The summed E-state index contributed by atoms with van der Waals surface area (Å²) < 4.78 is 5.95. The van der Waals surface area contributed by atoms with E-state index in [-0.39, 0.29) is 23.9 Å². The average molecular weight is 324 g/mol. The molecule has 0 aromatic carbocycles. The van der Waals surface area contributed by atoms with Crippen molar-refractivity contribution < 1.29 is 9.53 Å². The van der Waals surface area contributed by atoms with Crippen LogP contribution in [0.3, 0.4) is 0 Å². The maximum absolute atomic E-state index is 11.8. The number of hydrogen-bond donors (Lipinski definition) is 2. The van der Waals surface area contributed by atoms with Crippen LogP contribution < -0.4 is 10.6 Å². The molecule has 1 aliphatic heterocycles. The SMILES string of the molecule is CC(C)NC(=NCC(=O)N(C)C)NC1C2CCCOC2C1(C)C. The Hall–Kier alpha value is -1.30. The maximum Gasteiger partial charge on any atom is 0.243 e. The fraction of sp³-hybridized carbons (Fsp3) is 0.882. The quantitative estimate of drug-likeness (QED) is 0.603. The molecule has 0 bridgehead atoms. The van der Waals surface area contributed by atoms with Crippen molar-refractivity contribution in [1.29, 1.82) is 0 Å². The Morgan fingerprint density at radius 1 is 1.39 bits per heavy atom. The Balaban J connectivity index is 2.05. The van der Waals surface area contributed by atoms with E-state index in [4.69, 9.17) is 4.74 Å². The van der Waals surface area contributed by atoms with Gasteiger partial charge in [0, 0.05) is 44.1 Å². The summed E-state index contributed by atoms with van der Waals surface area (Å²) >= 11 is 0. The number of nitrogens with one attached hydrogen (secondary N) is 2. The van der Waals surface area contributed by atoms with Crippen LogP contribution >= 0.6 is 0 Å². The summed E-state index contributed by atoms with van der Waals surface area (Å²) in [6.45, 7) is 9.67. The van der Waals surface area contributed by atoms with Crippen LogP contribution in [0.2, 0.25) is 0 Å². The van der Waals surface area contributed by atoms with E-state index in [0.29, 0.717) is 18.1 Å². The molecule has 6 heteroatoms. The fourth-order valence-electron chi connectivity index (χ4n) is 3.66. The van der Waals surface area contributed by atoms with Crippen molar-refractivity contribution in [3.63, 3.8) is 0 Å². The number of ether oxygens (including phenoxy) is 1. The standard InChI is InChI=1S/C17H32N4O2/c1-11(2)19-16(18-10-13(22)21(5)6)20-14-12-8-7-9-23-15(12)17(14,3)4/h11-12,14-15H,7-10H2,1-6H3,(H2,18,19,20). The summed E-state index contributed by atoms with van der Waals surface area (Å²) in [6.07, 6.45) is 2.65. The van der Waals surface area contributed by atoms with Gasteiger partial charge in [0.25, 0.3) is 0 Å². The molecule has 1 amide bonds. The highest BCUT2D eigenvalue weighted by atomic mass is 16.5. The Morgan fingerprint density at radius 2 is 2.09 bits per heavy atom. The van der Waals surface area contributed by atoms with Crippen LogP contribution in [0.15, 0.2) is 4.99 Å². The van der Waals surface area contributed by atoms with E-state index in [1.165, 1.54) is 6.42 Å². The van der Waals surface area contributed by atoms with E-state index in [2.05, 4.69) is 43.3 Å². The topological polar surface area (TPSA) is 66.0 Å². The van der Waals surface area contributed by atoms with Crippen molar-refractivity contribution in [2.75, 3.05) is 27.2 Å². The number of carbonyl (C=O) groups is 1. The maximum atomic E-state index is 11.8. The molecular formula is C17H32N4O2. The summed E-state index contributed by atoms with van der Waals surface area (Å²) in [4.78, 5) is 17.8. The lowest BCUT2D eigenvalue weighted by atomic mass is 9.55. The second-order valence-electron chi connectivity index (χ2n) is 7.79. The number of guanidine groups is 1. The second kappa shape index (κ2) is 7.07. The van der Waals surface area contributed by atoms with Crippen molar-refractivity contribution >= 4 is 11.9 Å². The van der Waals surface area contributed by atoms with E-state index in [9.17, 15) is 4.79 Å². The second-order valence-corrected chi connectivity index (χ2v) is 7.79. The monoisotopic (exact) mass is 324 g/mol. The lowest BCUT2D eigenvalue weighted by Gasteiger charge is -2.60. The molecule has 1 saturated carbocycles. The largest absolute Gasteiger partial charge is 0.377 e. The van der Waals surface area contributed by atoms with Gasteiger partial charge in [-0.1, -0.05) is 13.8 Å². The minimum Gasteiger partial charge on any atom is -0.377 e. The van der Waals surface area contributed by atoms with E-state index in [0.717, 1.165) is 19.0 Å². The van der Waals surface area contributed by atoms with E-state index < -0.39 is 0 Å². The first-order valence-electron chi connectivity index (χ1n) is 8.62. The summed E-state index contributed by atoms with van der Waals surface area (Å²) in [7, 11) is 3.50. The smallest absolute Gasteiger partial charge is 0.243 e. The van der Waals surface area contributed by atoms with Crippen molar-refractivity contribution in [1.82, 2.24) is 15.5 Å². The molecule has 0 spiro atoms. The molecule has 2 fully saturated rings. The van der Waals surface area contributed by atoms with Gasteiger partial charge in [-0.15, -0.1) is 0 Å². The van der Waals surface area contributed by atoms with Gasteiger partial charge in [0.2, 0.25) is 5.91 Å². The minimum atomic E-state index is 0.00148. The average Bonchev–Trinajstić information content (AvgIpc) is 2.48. The molecule has 132 valence electrons. The van der Waals surface area contributed by atoms with E-state index >= 15 is 0 Å². The molecule has 0 aromatic heterocycles. The number of fused-ring (bicyclic) bond motifs is 1. The highest BCUT2D eigenvalue weighted by Crippen LogP contribution is 2.51. The zero-order valence-electron chi connectivity index (χ0n) is 15.3. The number of nitrogens with zero attached hydrogens (tertiary/aromatic N) is 2. The first kappa shape index (κ1) is 18.0. The van der Waals surface area contributed by atoms with Crippen LogP contribution in [0.1, 0.15) is 40.5 Å². The van der Waals surface area contributed by atoms with Crippen molar-refractivity contribution in [3.05, 3.63) is 0 Å². The first-order valence-corrected chi connectivity index (χ1v) is 8.62. The van der Waals surface area contributed by atoms with E-state index in [1.54, 1.807) is 19.0 Å². The van der Waals surface area contributed by atoms with Crippen LogP contribution in [-0.2, 0) is 9.53 Å². The van der Waals surface area contributed by atoms with Gasteiger partial charge in [0.15, 0.2) is 5.96 Å². The third-order valence-corrected chi connectivity index (χ3v) is 4.92. The minimum absolute atomic E-state index is 0.00148. The summed E-state index contributed by atoms with van der Waals surface area (Å²) in [5.41, 5.74) is 0.0794. The fourth-order valence-corrected chi connectivity index (χ4v) is 3.66. The zero-order valence-corrected chi connectivity index (χ0v) is 15.3. The van der Waals surface area contributed by atoms with Gasteiger partial charge >= 0.3 is 0 Å². The molecule has 2 N–H and O–H groups in total. The summed E-state index contributed by atoms with van der Waals surface area (Å²) in [5.74, 6) is 1.25. The molecule has 6 nitrogen and oxygen atoms in total. The lowest BCUT2D eigenvalue weighted by Crippen LogP contribution is -2.71. The van der Waals surface area contributed by atoms with Gasteiger partial charge in [-0.05, 0) is 26.7 Å². The van der Waals surface area contributed by atoms with Gasteiger partial charge in [0.1, 0.15) is 6.54 Å². The highest BCUT2D eigenvalue weighted by molar-refractivity contribution is 5.85. The third kappa shape index (κ3) is 3.97.